The number of rotatable bonds is 2. The van der Waals surface area contributed by atoms with Crippen LogP contribution in [0.2, 0.25) is 0 Å². The number of fused-ring (bicyclic) bond motifs is 1. The Labute approximate surface area is 94.2 Å². The molecule has 84 valence electrons. The first-order chi connectivity index (χ1) is 7.56. The van der Waals surface area contributed by atoms with Gasteiger partial charge in [0.05, 0.1) is 0 Å². The molecular weight excluding hydrogens is 204 g/mol. The summed E-state index contributed by atoms with van der Waals surface area (Å²) < 4.78 is 0. The van der Waals surface area contributed by atoms with Crippen LogP contribution in [0.3, 0.4) is 0 Å². The number of ketones is 1. The lowest BCUT2D eigenvalue weighted by molar-refractivity contribution is -0.116. The number of anilines is 1. The van der Waals surface area contributed by atoms with E-state index >= 15 is 0 Å². The molecule has 1 aromatic rings. The first-order valence-corrected chi connectivity index (χ1v) is 5.19. The zero-order chi connectivity index (χ0) is 11.7. The average Bonchev–Trinajstić information content (AvgIpc) is 2.19. The molecule has 16 heavy (non-hydrogen) atoms. The van der Waals surface area contributed by atoms with Crippen molar-refractivity contribution < 1.29 is 9.59 Å². The zero-order valence-electron chi connectivity index (χ0n) is 9.41. The molecule has 0 fully saturated rings. The Morgan fingerprint density at radius 1 is 1.50 bits per heavy atom. The summed E-state index contributed by atoms with van der Waals surface area (Å²) in [6, 6.07) is 5.63. The highest BCUT2D eigenvalue weighted by molar-refractivity contribution is 5.92. The van der Waals surface area contributed by atoms with E-state index < -0.39 is 0 Å². The summed E-state index contributed by atoms with van der Waals surface area (Å²) in [5.74, 6) is 0.146. The smallest absolute Gasteiger partial charge is 0.321 e. The van der Waals surface area contributed by atoms with Crippen molar-refractivity contribution in [3.63, 3.8) is 0 Å². The monoisotopic (exact) mass is 218 g/mol. The van der Waals surface area contributed by atoms with Gasteiger partial charge in [0.2, 0.25) is 0 Å². The number of hydrogen-bond donors (Lipinski definition) is 1. The molecular formula is C12H14N2O2. The van der Waals surface area contributed by atoms with Crippen LogP contribution in [0.1, 0.15) is 18.1 Å². The van der Waals surface area contributed by atoms with Gasteiger partial charge in [-0.2, -0.15) is 0 Å². The minimum absolute atomic E-state index is 0.0909. The molecule has 0 atom stereocenters. The van der Waals surface area contributed by atoms with Gasteiger partial charge in [0.1, 0.15) is 5.78 Å². The molecule has 0 saturated heterocycles. The third-order valence-corrected chi connectivity index (χ3v) is 2.62. The van der Waals surface area contributed by atoms with Crippen molar-refractivity contribution in [2.75, 3.05) is 12.4 Å². The highest BCUT2D eigenvalue weighted by atomic mass is 16.2. The summed E-state index contributed by atoms with van der Waals surface area (Å²) >= 11 is 0. The van der Waals surface area contributed by atoms with Gasteiger partial charge in [0.15, 0.2) is 0 Å². The Balaban J connectivity index is 2.29. The molecule has 1 heterocycles. The van der Waals surface area contributed by atoms with Gasteiger partial charge in [-0.15, -0.1) is 0 Å². The Morgan fingerprint density at radius 3 is 2.94 bits per heavy atom. The second-order valence-electron chi connectivity index (χ2n) is 4.16. The molecule has 4 nitrogen and oxygen atoms in total. The van der Waals surface area contributed by atoms with Crippen LogP contribution in [-0.4, -0.2) is 23.8 Å². The molecule has 1 aliphatic heterocycles. The van der Waals surface area contributed by atoms with Crippen molar-refractivity contribution in [2.45, 2.75) is 19.9 Å². The average molecular weight is 218 g/mol. The largest absolute Gasteiger partial charge is 0.323 e. The van der Waals surface area contributed by atoms with Gasteiger partial charge in [-0.3, -0.25) is 4.79 Å². The summed E-state index contributed by atoms with van der Waals surface area (Å²) in [4.78, 5) is 24.0. The first-order valence-electron chi connectivity index (χ1n) is 5.19. The van der Waals surface area contributed by atoms with Crippen molar-refractivity contribution >= 4 is 17.5 Å². The molecule has 2 rings (SSSR count). The van der Waals surface area contributed by atoms with Crippen LogP contribution < -0.4 is 5.32 Å². The summed E-state index contributed by atoms with van der Waals surface area (Å²) in [7, 11) is 1.75. The fraction of sp³-hybridized carbons (Fsp3) is 0.333. The van der Waals surface area contributed by atoms with Crippen molar-refractivity contribution in [2.24, 2.45) is 0 Å². The van der Waals surface area contributed by atoms with Crippen LogP contribution in [0.4, 0.5) is 10.5 Å². The number of carbonyl (C=O) groups excluding carboxylic acids is 2. The third kappa shape index (κ3) is 2.05. The van der Waals surface area contributed by atoms with E-state index in [1.165, 1.54) is 0 Å². The van der Waals surface area contributed by atoms with Crippen LogP contribution in [-0.2, 0) is 17.8 Å². The maximum absolute atomic E-state index is 11.4. The quantitative estimate of drug-likeness (QED) is 0.822. The van der Waals surface area contributed by atoms with Gasteiger partial charge in [-0.05, 0) is 24.1 Å². The number of carbonyl (C=O) groups is 2. The fourth-order valence-corrected chi connectivity index (χ4v) is 1.84. The zero-order valence-corrected chi connectivity index (χ0v) is 9.41. The van der Waals surface area contributed by atoms with E-state index in [9.17, 15) is 9.59 Å². The molecule has 2 amide bonds. The van der Waals surface area contributed by atoms with Crippen molar-refractivity contribution in [3.05, 3.63) is 29.3 Å². The van der Waals surface area contributed by atoms with Crippen LogP contribution in [0, 0.1) is 0 Å². The normalized spacial score (nSPS) is 14.4. The summed E-state index contributed by atoms with van der Waals surface area (Å²) in [5.41, 5.74) is 2.90. The molecule has 0 aliphatic carbocycles. The molecule has 0 spiro atoms. The molecule has 0 aromatic heterocycles. The number of amides is 2. The SMILES string of the molecule is CC(=O)Cc1ccc2c(c1)CN(C)C(=O)N2. The lowest BCUT2D eigenvalue weighted by atomic mass is 10.0. The summed E-state index contributed by atoms with van der Waals surface area (Å²) in [5, 5.41) is 2.79. The topological polar surface area (TPSA) is 49.4 Å². The highest BCUT2D eigenvalue weighted by Crippen LogP contribution is 2.23. The molecule has 1 aliphatic rings. The Morgan fingerprint density at radius 2 is 2.25 bits per heavy atom. The van der Waals surface area contributed by atoms with Crippen LogP contribution in [0.25, 0.3) is 0 Å². The second-order valence-corrected chi connectivity index (χ2v) is 4.16. The molecule has 4 heteroatoms. The summed E-state index contributed by atoms with van der Waals surface area (Å²) in [6.45, 7) is 2.17. The molecule has 0 unspecified atom stereocenters. The second kappa shape index (κ2) is 3.96. The van der Waals surface area contributed by atoms with Crippen molar-refractivity contribution in [1.29, 1.82) is 0 Å². The third-order valence-electron chi connectivity index (χ3n) is 2.62. The predicted molar refractivity (Wildman–Crippen MR) is 61.3 cm³/mol. The van der Waals surface area contributed by atoms with Crippen LogP contribution in [0.5, 0.6) is 0 Å². The number of urea groups is 1. The van der Waals surface area contributed by atoms with E-state index in [0.29, 0.717) is 13.0 Å². The summed E-state index contributed by atoms with van der Waals surface area (Å²) in [6.07, 6.45) is 0.449. The fourth-order valence-electron chi connectivity index (χ4n) is 1.84. The van der Waals surface area contributed by atoms with E-state index in [1.807, 2.05) is 18.2 Å². The maximum atomic E-state index is 11.4. The van der Waals surface area contributed by atoms with Gasteiger partial charge in [0.25, 0.3) is 0 Å². The van der Waals surface area contributed by atoms with Crippen LogP contribution >= 0.6 is 0 Å². The van der Waals surface area contributed by atoms with E-state index in [1.54, 1.807) is 18.9 Å². The molecule has 0 bridgehead atoms. The standard InChI is InChI=1S/C12H14N2O2/c1-8(15)5-9-3-4-11-10(6-9)7-14(2)12(16)13-11/h3-4,6H,5,7H2,1-2H3,(H,13,16). The van der Waals surface area contributed by atoms with Gasteiger partial charge in [-0.25, -0.2) is 4.79 Å². The molecule has 0 radical (unpaired) electrons. The van der Waals surface area contributed by atoms with Gasteiger partial charge in [-0.1, -0.05) is 12.1 Å². The van der Waals surface area contributed by atoms with Gasteiger partial charge >= 0.3 is 6.03 Å². The van der Waals surface area contributed by atoms with E-state index in [-0.39, 0.29) is 11.8 Å². The number of nitrogens with one attached hydrogen (secondary N) is 1. The minimum Gasteiger partial charge on any atom is -0.323 e. The molecule has 1 N–H and O–H groups in total. The number of nitrogens with zero attached hydrogens (tertiary/aromatic N) is 1. The number of benzene rings is 1. The Kier molecular flexibility index (Phi) is 2.64. The number of Topliss-reactive ketones (excluding diaryl/α,β-unsaturated/α-hetero) is 1. The Hall–Kier alpha value is -1.84. The van der Waals surface area contributed by atoms with Crippen molar-refractivity contribution in [3.8, 4) is 0 Å². The van der Waals surface area contributed by atoms with E-state index in [2.05, 4.69) is 5.32 Å². The first kappa shape index (κ1) is 10.7. The lowest BCUT2D eigenvalue weighted by Gasteiger charge is -2.26. The molecule has 0 saturated carbocycles. The highest BCUT2D eigenvalue weighted by Gasteiger charge is 2.19. The van der Waals surface area contributed by atoms with Gasteiger partial charge < -0.3 is 10.2 Å². The lowest BCUT2D eigenvalue weighted by Crippen LogP contribution is -2.35. The van der Waals surface area contributed by atoms with E-state index in [0.717, 1.165) is 16.8 Å². The predicted octanol–water partition coefficient (Wildman–Crippen LogP) is 1.80. The van der Waals surface area contributed by atoms with Gasteiger partial charge in [0, 0.05) is 25.7 Å². The minimum atomic E-state index is -0.0909. The van der Waals surface area contributed by atoms with Crippen molar-refractivity contribution in [1.82, 2.24) is 4.90 Å². The molecule has 1 aromatic carbocycles. The Bertz CT molecular complexity index is 454. The number of hydrogen-bond acceptors (Lipinski definition) is 2. The maximum Gasteiger partial charge on any atom is 0.321 e. The van der Waals surface area contributed by atoms with E-state index in [4.69, 9.17) is 0 Å². The van der Waals surface area contributed by atoms with Crippen LogP contribution in [0.15, 0.2) is 18.2 Å².